The van der Waals surface area contributed by atoms with Crippen molar-refractivity contribution in [3.8, 4) is 5.75 Å². The zero-order valence-corrected chi connectivity index (χ0v) is 15.0. The molecular weight excluding hydrogens is 358 g/mol. The fraction of sp³-hybridized carbons (Fsp3) is 0.375. The molecule has 2 N–H and O–H groups in total. The summed E-state index contributed by atoms with van der Waals surface area (Å²) in [6, 6.07) is 3.35. The molecule has 2 aromatic heterocycles. The lowest BCUT2D eigenvalue weighted by molar-refractivity contribution is 0.0959. The van der Waals surface area contributed by atoms with Gasteiger partial charge in [-0.1, -0.05) is 0 Å². The highest BCUT2D eigenvalue weighted by Gasteiger charge is 2.32. The number of hydrogen-bond acceptors (Lipinski definition) is 7. The topological polar surface area (TPSA) is 108 Å². The number of hydrogen-bond donors (Lipinski definition) is 2. The van der Waals surface area contributed by atoms with Gasteiger partial charge in [-0.15, -0.1) is 11.3 Å². The van der Waals surface area contributed by atoms with Gasteiger partial charge in [-0.3, -0.25) is 9.78 Å². The third-order valence-corrected chi connectivity index (χ3v) is 4.91. The first-order valence-electron chi connectivity index (χ1n) is 8.03. The number of ether oxygens (including phenoxy) is 1. The number of carboxylic acid groups (broad SMARTS) is 1. The molecule has 3 heterocycles. The Labute approximate surface area is 154 Å². The summed E-state index contributed by atoms with van der Waals surface area (Å²) in [4.78, 5) is 34.8. The molecule has 0 aliphatic carbocycles. The summed E-state index contributed by atoms with van der Waals surface area (Å²) >= 11 is 1.35. The van der Waals surface area contributed by atoms with E-state index in [1.54, 1.807) is 37.0 Å². The first-order valence-corrected chi connectivity index (χ1v) is 8.91. The van der Waals surface area contributed by atoms with E-state index >= 15 is 0 Å². The molecule has 3 rings (SSSR count). The van der Waals surface area contributed by atoms with Crippen LogP contribution in [0.2, 0.25) is 0 Å². The molecule has 0 saturated carbocycles. The first-order chi connectivity index (χ1) is 12.6. The Balaban J connectivity index is 1.76. The second kappa shape index (κ2) is 8.00. The Bertz CT molecular complexity index is 769. The molecule has 1 aliphatic rings. The van der Waals surface area contributed by atoms with Crippen molar-refractivity contribution in [2.75, 3.05) is 38.2 Å². The smallest absolute Gasteiger partial charge is 0.407 e. The highest BCUT2D eigenvalue weighted by atomic mass is 32.1. The molecule has 1 saturated heterocycles. The Hall–Kier alpha value is -2.88. The monoisotopic (exact) mass is 377 g/mol. The van der Waals surface area contributed by atoms with E-state index in [-0.39, 0.29) is 18.6 Å². The zero-order chi connectivity index (χ0) is 18.5. The van der Waals surface area contributed by atoms with Gasteiger partial charge in [0.15, 0.2) is 5.13 Å². The van der Waals surface area contributed by atoms with E-state index in [4.69, 9.17) is 4.74 Å². The molecular formula is C16H19N5O4S. The molecule has 0 spiro atoms. The quantitative estimate of drug-likeness (QED) is 0.804. The Morgan fingerprint density at radius 1 is 1.46 bits per heavy atom. The van der Waals surface area contributed by atoms with E-state index in [1.165, 1.54) is 16.2 Å². The normalized spacial score (nSPS) is 17.0. The van der Waals surface area contributed by atoms with Crippen LogP contribution in [0.5, 0.6) is 5.75 Å². The summed E-state index contributed by atoms with van der Waals surface area (Å²) in [5.74, 6) is 0.366. The molecule has 1 unspecified atom stereocenters. The van der Waals surface area contributed by atoms with Gasteiger partial charge >= 0.3 is 6.09 Å². The molecule has 0 aromatic carbocycles. The van der Waals surface area contributed by atoms with Crippen LogP contribution >= 0.6 is 11.3 Å². The minimum absolute atomic E-state index is 0.219. The first kappa shape index (κ1) is 17.9. The minimum Gasteiger partial charge on any atom is -0.490 e. The standard InChI is InChI=1S/C16H19N5O4S/c1-17-14(22)13-10-26-15(19-13)21-6-5-20(16(23)24)8-11(21)9-25-12-3-2-4-18-7-12/h2-4,7,10-11H,5-6,8-9H2,1H3,(H,17,22)(H,23,24). The van der Waals surface area contributed by atoms with Crippen LogP contribution in [-0.4, -0.2) is 71.3 Å². The molecule has 2 amide bonds. The van der Waals surface area contributed by atoms with E-state index in [0.717, 1.165) is 0 Å². The van der Waals surface area contributed by atoms with Crippen molar-refractivity contribution in [3.63, 3.8) is 0 Å². The van der Waals surface area contributed by atoms with Gasteiger partial charge < -0.3 is 25.0 Å². The Morgan fingerprint density at radius 2 is 2.31 bits per heavy atom. The fourth-order valence-corrected chi connectivity index (χ4v) is 3.58. The molecule has 1 aliphatic heterocycles. The van der Waals surface area contributed by atoms with Crippen LogP contribution in [-0.2, 0) is 0 Å². The number of carbonyl (C=O) groups excluding carboxylic acids is 1. The second-order valence-electron chi connectivity index (χ2n) is 5.67. The predicted octanol–water partition coefficient (Wildman–Crippen LogP) is 1.15. The second-order valence-corrected chi connectivity index (χ2v) is 6.51. The van der Waals surface area contributed by atoms with Crippen LogP contribution in [0.15, 0.2) is 29.9 Å². The number of thiazole rings is 1. The van der Waals surface area contributed by atoms with Crippen molar-refractivity contribution >= 4 is 28.5 Å². The SMILES string of the molecule is CNC(=O)c1csc(N2CCN(C(=O)O)CC2COc2cccnc2)n1. The molecule has 26 heavy (non-hydrogen) atoms. The van der Waals surface area contributed by atoms with E-state index < -0.39 is 6.09 Å². The fourth-order valence-electron chi connectivity index (χ4n) is 2.68. The maximum Gasteiger partial charge on any atom is 0.407 e. The van der Waals surface area contributed by atoms with Crippen molar-refractivity contribution in [2.24, 2.45) is 0 Å². The molecule has 9 nitrogen and oxygen atoms in total. The lowest BCUT2D eigenvalue weighted by Crippen LogP contribution is -2.56. The van der Waals surface area contributed by atoms with Gasteiger partial charge in [-0.25, -0.2) is 9.78 Å². The van der Waals surface area contributed by atoms with Crippen LogP contribution in [0, 0.1) is 0 Å². The van der Waals surface area contributed by atoms with Gasteiger partial charge in [0.05, 0.1) is 12.2 Å². The van der Waals surface area contributed by atoms with E-state index in [0.29, 0.717) is 36.2 Å². The maximum absolute atomic E-state index is 11.7. The van der Waals surface area contributed by atoms with E-state index in [2.05, 4.69) is 15.3 Å². The molecule has 0 radical (unpaired) electrons. The number of anilines is 1. The van der Waals surface area contributed by atoms with Crippen molar-refractivity contribution in [3.05, 3.63) is 35.6 Å². The number of pyridine rings is 1. The van der Waals surface area contributed by atoms with Crippen LogP contribution in [0.3, 0.4) is 0 Å². The summed E-state index contributed by atoms with van der Waals surface area (Å²) in [5.41, 5.74) is 0.347. The summed E-state index contributed by atoms with van der Waals surface area (Å²) in [6.07, 6.45) is 2.30. The molecule has 10 heteroatoms. The number of rotatable bonds is 5. The number of carbonyl (C=O) groups is 2. The van der Waals surface area contributed by atoms with Crippen molar-refractivity contribution in [1.29, 1.82) is 0 Å². The van der Waals surface area contributed by atoms with E-state index in [1.807, 2.05) is 4.90 Å². The number of aromatic nitrogens is 2. The molecule has 0 bridgehead atoms. The lowest BCUT2D eigenvalue weighted by Gasteiger charge is -2.39. The molecule has 138 valence electrons. The van der Waals surface area contributed by atoms with Crippen molar-refractivity contribution < 1.29 is 19.4 Å². The van der Waals surface area contributed by atoms with Gasteiger partial charge in [0.1, 0.15) is 18.1 Å². The summed E-state index contributed by atoms with van der Waals surface area (Å²) in [7, 11) is 1.55. The summed E-state index contributed by atoms with van der Waals surface area (Å²) < 4.78 is 5.77. The van der Waals surface area contributed by atoms with Gasteiger partial charge in [0.25, 0.3) is 5.91 Å². The highest BCUT2D eigenvalue weighted by Crippen LogP contribution is 2.25. The molecule has 2 aromatic rings. The van der Waals surface area contributed by atoms with Gasteiger partial charge in [-0.05, 0) is 12.1 Å². The number of amides is 2. The predicted molar refractivity (Wildman–Crippen MR) is 96.0 cm³/mol. The third kappa shape index (κ3) is 4.02. The van der Waals surface area contributed by atoms with Crippen molar-refractivity contribution in [2.45, 2.75) is 6.04 Å². The lowest BCUT2D eigenvalue weighted by atomic mass is 10.2. The van der Waals surface area contributed by atoms with Crippen LogP contribution in [0.1, 0.15) is 10.5 Å². The average Bonchev–Trinajstić information content (AvgIpc) is 3.16. The molecule has 1 atom stereocenters. The van der Waals surface area contributed by atoms with Gasteiger partial charge in [0, 0.05) is 38.3 Å². The third-order valence-electron chi connectivity index (χ3n) is 4.03. The number of nitrogens with one attached hydrogen (secondary N) is 1. The number of nitrogens with zero attached hydrogens (tertiary/aromatic N) is 4. The van der Waals surface area contributed by atoms with E-state index in [9.17, 15) is 14.7 Å². The van der Waals surface area contributed by atoms with Crippen LogP contribution < -0.4 is 15.0 Å². The summed E-state index contributed by atoms with van der Waals surface area (Å²) in [6.45, 7) is 1.43. The Kier molecular flexibility index (Phi) is 5.52. The van der Waals surface area contributed by atoms with Crippen LogP contribution in [0.4, 0.5) is 9.93 Å². The highest BCUT2D eigenvalue weighted by molar-refractivity contribution is 7.14. The van der Waals surface area contributed by atoms with Gasteiger partial charge in [0.2, 0.25) is 0 Å². The Morgan fingerprint density at radius 3 is 3.00 bits per heavy atom. The largest absolute Gasteiger partial charge is 0.490 e. The average molecular weight is 377 g/mol. The van der Waals surface area contributed by atoms with Gasteiger partial charge in [-0.2, -0.15) is 0 Å². The molecule has 1 fully saturated rings. The number of piperazine rings is 1. The minimum atomic E-state index is -0.957. The summed E-state index contributed by atoms with van der Waals surface area (Å²) in [5, 5.41) is 14.2. The maximum atomic E-state index is 11.7. The zero-order valence-electron chi connectivity index (χ0n) is 14.2. The van der Waals surface area contributed by atoms with Crippen molar-refractivity contribution in [1.82, 2.24) is 20.2 Å². The van der Waals surface area contributed by atoms with Crippen LogP contribution in [0.25, 0.3) is 0 Å².